The fourth-order valence-corrected chi connectivity index (χ4v) is 5.01. The summed E-state index contributed by atoms with van der Waals surface area (Å²) < 4.78 is 1.54. The maximum atomic E-state index is 12.8. The van der Waals surface area contributed by atoms with Gasteiger partial charge in [0.2, 0.25) is 0 Å². The number of hydrogen-bond donors (Lipinski definition) is 1. The first kappa shape index (κ1) is 19.7. The third-order valence-electron chi connectivity index (χ3n) is 5.53. The molecule has 29 heavy (non-hydrogen) atoms. The normalized spacial score (nSPS) is 19.3. The number of nitrogens with zero attached hydrogens (tertiary/aromatic N) is 4. The van der Waals surface area contributed by atoms with E-state index in [1.165, 1.54) is 11.3 Å². The number of nitrogens with one attached hydrogen (secondary N) is 1. The Morgan fingerprint density at radius 1 is 1.34 bits per heavy atom. The van der Waals surface area contributed by atoms with Crippen molar-refractivity contribution < 1.29 is 0 Å². The first-order valence-corrected chi connectivity index (χ1v) is 10.8. The summed E-state index contributed by atoms with van der Waals surface area (Å²) in [7, 11) is 1.71. The summed E-state index contributed by atoms with van der Waals surface area (Å²) in [5, 5.41) is 14.9. The zero-order valence-corrected chi connectivity index (χ0v) is 18.1. The molecule has 1 aliphatic heterocycles. The molecule has 1 saturated heterocycles. The lowest BCUT2D eigenvalue weighted by atomic mass is 9.92. The van der Waals surface area contributed by atoms with Crippen LogP contribution in [0.25, 0.3) is 10.3 Å². The van der Waals surface area contributed by atoms with E-state index in [1.54, 1.807) is 11.6 Å². The Labute approximate surface area is 178 Å². The molecule has 4 rings (SSSR count). The lowest BCUT2D eigenvalue weighted by molar-refractivity contribution is 0.404. The quantitative estimate of drug-likeness (QED) is 0.679. The highest BCUT2D eigenvalue weighted by Crippen LogP contribution is 2.34. The highest BCUT2D eigenvalue weighted by molar-refractivity contribution is 7.18. The minimum atomic E-state index is -0.257. The van der Waals surface area contributed by atoms with Crippen LogP contribution in [-0.4, -0.2) is 28.7 Å². The molecule has 0 spiro atoms. The highest BCUT2D eigenvalue weighted by Gasteiger charge is 2.30. The molecule has 1 N–H and O–H groups in total. The fourth-order valence-electron chi connectivity index (χ4n) is 4.01. The number of hydrogen-bond acceptors (Lipinski definition) is 6. The minimum Gasteiger partial charge on any atom is -0.382 e. The fraction of sp³-hybridized carbons (Fsp3) is 0.381. The van der Waals surface area contributed by atoms with E-state index in [4.69, 9.17) is 11.6 Å². The molecule has 0 radical (unpaired) electrons. The van der Waals surface area contributed by atoms with Gasteiger partial charge in [0.25, 0.3) is 5.56 Å². The zero-order valence-electron chi connectivity index (χ0n) is 16.6. The third kappa shape index (κ3) is 3.59. The summed E-state index contributed by atoms with van der Waals surface area (Å²) in [5.74, 6) is 0.324. The van der Waals surface area contributed by atoms with Crippen molar-refractivity contribution in [3.8, 4) is 6.07 Å². The largest absolute Gasteiger partial charge is 0.382 e. The van der Waals surface area contributed by atoms with Gasteiger partial charge in [-0.25, -0.2) is 4.98 Å². The van der Waals surface area contributed by atoms with Crippen molar-refractivity contribution in [1.29, 1.82) is 5.26 Å². The van der Waals surface area contributed by atoms with Gasteiger partial charge >= 0.3 is 0 Å². The number of piperidine rings is 1. The molecule has 6 nitrogen and oxygen atoms in total. The molecule has 0 saturated carbocycles. The molecule has 0 aliphatic carbocycles. The number of aryl methyl sites for hydroxylation is 2. The maximum absolute atomic E-state index is 12.8. The molecular formula is C21H22ClN5OS. The van der Waals surface area contributed by atoms with Crippen molar-refractivity contribution in [3.05, 3.63) is 50.2 Å². The van der Waals surface area contributed by atoms with E-state index in [1.807, 2.05) is 31.2 Å². The number of aromatic nitrogens is 2. The summed E-state index contributed by atoms with van der Waals surface area (Å²) in [6.07, 6.45) is 0.897. The molecule has 3 heterocycles. The molecule has 8 heteroatoms. The zero-order chi connectivity index (χ0) is 20.7. The summed E-state index contributed by atoms with van der Waals surface area (Å²) in [4.78, 5) is 20.4. The third-order valence-corrected chi connectivity index (χ3v) is 6.83. The Kier molecular flexibility index (Phi) is 5.24. The van der Waals surface area contributed by atoms with E-state index in [0.717, 1.165) is 45.6 Å². The molecular weight excluding hydrogens is 406 g/mol. The van der Waals surface area contributed by atoms with Crippen molar-refractivity contribution in [3.63, 3.8) is 0 Å². The molecule has 0 unspecified atom stereocenters. The van der Waals surface area contributed by atoms with Crippen LogP contribution >= 0.6 is 22.9 Å². The second-order valence-electron chi connectivity index (χ2n) is 7.56. The first-order chi connectivity index (χ1) is 13.9. The molecule has 1 aromatic carbocycles. The maximum Gasteiger partial charge on any atom is 0.271 e. The molecule has 0 bridgehead atoms. The Hall–Kier alpha value is -2.56. The van der Waals surface area contributed by atoms with Crippen molar-refractivity contribution in [2.24, 2.45) is 13.0 Å². The average molecular weight is 428 g/mol. The predicted octanol–water partition coefficient (Wildman–Crippen LogP) is 4.16. The van der Waals surface area contributed by atoms with E-state index >= 15 is 0 Å². The van der Waals surface area contributed by atoms with E-state index < -0.39 is 0 Å². The van der Waals surface area contributed by atoms with Gasteiger partial charge in [-0.3, -0.25) is 4.79 Å². The molecule has 3 aromatic rings. The van der Waals surface area contributed by atoms with Gasteiger partial charge in [0.15, 0.2) is 0 Å². The summed E-state index contributed by atoms with van der Waals surface area (Å²) in [5.41, 5.74) is 2.41. The monoisotopic (exact) mass is 427 g/mol. The summed E-state index contributed by atoms with van der Waals surface area (Å²) in [6, 6.07) is 10.2. The van der Waals surface area contributed by atoms with Gasteiger partial charge in [0.05, 0.1) is 10.7 Å². The van der Waals surface area contributed by atoms with Gasteiger partial charge in [0, 0.05) is 36.9 Å². The van der Waals surface area contributed by atoms with Crippen LogP contribution < -0.4 is 15.8 Å². The van der Waals surface area contributed by atoms with Crippen LogP contribution in [0.4, 0.5) is 11.4 Å². The van der Waals surface area contributed by atoms with E-state index in [-0.39, 0.29) is 11.1 Å². The van der Waals surface area contributed by atoms with E-state index in [2.05, 4.69) is 28.2 Å². The molecule has 0 amide bonds. The Bertz CT molecular complexity index is 1160. The molecule has 2 atom stereocenters. The van der Waals surface area contributed by atoms with Gasteiger partial charge in [-0.05, 0) is 43.5 Å². The lowest BCUT2D eigenvalue weighted by Gasteiger charge is -2.39. The number of fused-ring (bicyclic) bond motifs is 1. The summed E-state index contributed by atoms with van der Waals surface area (Å²) >= 11 is 7.47. The standard InChI is InChI=1S/C21H22ClN5OS/c1-12-11-27(9-8-17(12)25-15-6-4-14(22)5-7-15)19-16(10-23)20(28)26(3)21-18(19)24-13(2)29-21/h4-7,12,17,25H,8-9,11H2,1-3H3/t12-,17-/m1/s1. The number of halogens is 1. The minimum absolute atomic E-state index is 0.182. The van der Waals surface area contributed by atoms with Crippen molar-refractivity contribution >= 4 is 44.7 Å². The van der Waals surface area contributed by atoms with Crippen molar-refractivity contribution in [2.75, 3.05) is 23.3 Å². The second kappa shape index (κ2) is 7.69. The van der Waals surface area contributed by atoms with E-state index in [9.17, 15) is 10.1 Å². The van der Waals surface area contributed by atoms with E-state index in [0.29, 0.717) is 17.6 Å². The van der Waals surface area contributed by atoms with Gasteiger partial charge in [-0.1, -0.05) is 18.5 Å². The van der Waals surface area contributed by atoms with Gasteiger partial charge in [0.1, 0.15) is 22.0 Å². The van der Waals surface area contributed by atoms with Crippen LogP contribution in [0.5, 0.6) is 0 Å². The Morgan fingerprint density at radius 2 is 2.07 bits per heavy atom. The van der Waals surface area contributed by atoms with Gasteiger partial charge in [-0.15, -0.1) is 11.3 Å². The Morgan fingerprint density at radius 3 is 2.72 bits per heavy atom. The number of anilines is 2. The number of benzene rings is 1. The molecule has 1 fully saturated rings. The van der Waals surface area contributed by atoms with Crippen LogP contribution in [0.3, 0.4) is 0 Å². The van der Waals surface area contributed by atoms with Crippen LogP contribution in [0.15, 0.2) is 29.1 Å². The SMILES string of the molecule is Cc1nc2c(N3CC[C@@H](Nc4ccc(Cl)cc4)[C@H](C)C3)c(C#N)c(=O)n(C)c2s1. The number of thiazole rings is 1. The predicted molar refractivity (Wildman–Crippen MR) is 119 cm³/mol. The molecule has 150 valence electrons. The highest BCUT2D eigenvalue weighted by atomic mass is 35.5. The smallest absolute Gasteiger partial charge is 0.271 e. The van der Waals surface area contributed by atoms with Crippen molar-refractivity contribution in [2.45, 2.75) is 26.3 Å². The summed E-state index contributed by atoms with van der Waals surface area (Å²) in [6.45, 7) is 5.62. The topological polar surface area (TPSA) is 74.0 Å². The molecule has 2 aromatic heterocycles. The number of rotatable bonds is 3. The van der Waals surface area contributed by atoms with Crippen LogP contribution in [0.1, 0.15) is 23.9 Å². The average Bonchev–Trinajstić information content (AvgIpc) is 3.09. The Balaban J connectivity index is 1.65. The number of pyridine rings is 1. The molecule has 1 aliphatic rings. The van der Waals surface area contributed by atoms with Crippen LogP contribution in [-0.2, 0) is 7.05 Å². The van der Waals surface area contributed by atoms with Gasteiger partial charge in [-0.2, -0.15) is 5.26 Å². The van der Waals surface area contributed by atoms with Gasteiger partial charge < -0.3 is 14.8 Å². The van der Waals surface area contributed by atoms with Crippen molar-refractivity contribution in [1.82, 2.24) is 9.55 Å². The lowest BCUT2D eigenvalue weighted by Crippen LogP contribution is -2.46. The van der Waals surface area contributed by atoms with Crippen LogP contribution in [0.2, 0.25) is 5.02 Å². The first-order valence-electron chi connectivity index (χ1n) is 9.56. The van der Waals surface area contributed by atoms with Crippen LogP contribution in [0, 0.1) is 24.2 Å². The number of nitriles is 1. The second-order valence-corrected chi connectivity index (χ2v) is 9.17.